The van der Waals surface area contributed by atoms with Gasteiger partial charge in [-0.3, -0.25) is 8.98 Å². The molecule has 0 heterocycles. The highest BCUT2D eigenvalue weighted by Crippen LogP contribution is 2.24. The molecule has 0 amide bonds. The van der Waals surface area contributed by atoms with Gasteiger partial charge in [0.25, 0.3) is 10.1 Å². The van der Waals surface area contributed by atoms with Crippen LogP contribution in [0.25, 0.3) is 0 Å². The van der Waals surface area contributed by atoms with Crippen molar-refractivity contribution >= 4 is 22.1 Å². The third kappa shape index (κ3) is 5.59. The van der Waals surface area contributed by atoms with Crippen molar-refractivity contribution in [1.82, 2.24) is 0 Å². The number of esters is 2. The van der Waals surface area contributed by atoms with Gasteiger partial charge in [0.1, 0.15) is 5.92 Å². The lowest BCUT2D eigenvalue weighted by Gasteiger charge is -2.27. The number of ether oxygens (including phenoxy) is 2. The summed E-state index contributed by atoms with van der Waals surface area (Å²) in [6.07, 6.45) is -0.906. The van der Waals surface area contributed by atoms with Gasteiger partial charge >= 0.3 is 11.9 Å². The van der Waals surface area contributed by atoms with Gasteiger partial charge in [-0.05, 0) is 12.5 Å². The normalized spacial score (nSPS) is 15.2. The number of carbonyl (C=O) groups is 2. The van der Waals surface area contributed by atoms with E-state index in [1.807, 2.05) is 0 Å². The van der Waals surface area contributed by atoms with Crippen LogP contribution in [0, 0.1) is 0 Å². The molecule has 134 valence electrons. The lowest BCUT2D eigenvalue weighted by Crippen LogP contribution is -2.50. The minimum absolute atomic E-state index is 0.102. The molecule has 2 N–H and O–H groups in total. The van der Waals surface area contributed by atoms with E-state index < -0.39 is 40.1 Å². The van der Waals surface area contributed by atoms with Gasteiger partial charge in [0.05, 0.1) is 26.0 Å². The minimum Gasteiger partial charge on any atom is -0.467 e. The first-order valence-electron chi connectivity index (χ1n) is 7.14. The van der Waals surface area contributed by atoms with E-state index in [4.69, 9.17) is 14.7 Å². The number of hydrogen-bond donors (Lipinski definition) is 1. The van der Waals surface area contributed by atoms with E-state index in [1.165, 1.54) is 0 Å². The van der Waals surface area contributed by atoms with Gasteiger partial charge in [-0.2, -0.15) is 8.42 Å². The van der Waals surface area contributed by atoms with Crippen LogP contribution >= 0.6 is 0 Å². The predicted molar refractivity (Wildman–Crippen MR) is 85.5 cm³/mol. The van der Waals surface area contributed by atoms with E-state index in [-0.39, 0.29) is 6.61 Å². The second-order valence-corrected chi connectivity index (χ2v) is 6.56. The first-order valence-corrected chi connectivity index (χ1v) is 8.96. The Balaban J connectivity index is 3.27. The van der Waals surface area contributed by atoms with Crippen LogP contribution in [0.15, 0.2) is 30.3 Å². The van der Waals surface area contributed by atoms with E-state index in [1.54, 1.807) is 37.3 Å². The fraction of sp³-hybridized carbons (Fsp3) is 0.467. The Labute approximate surface area is 141 Å². The molecule has 0 bridgehead atoms. The summed E-state index contributed by atoms with van der Waals surface area (Å²) in [6, 6.07) is 7.01. The molecule has 0 aliphatic carbocycles. The third-order valence-electron chi connectivity index (χ3n) is 3.15. The van der Waals surface area contributed by atoms with E-state index in [2.05, 4.69) is 4.74 Å². The first kappa shape index (κ1) is 20.1. The lowest BCUT2D eigenvalue weighted by molar-refractivity contribution is -0.152. The standard InChI is InChI=1S/C15H21NO7S/c1-4-22-14(17)11(10-8-6-5-7-9-10)12(16)13(15(18)21-2)23-24(3,19)20/h5-9,11-13H,4,16H2,1-3H3. The second kappa shape index (κ2) is 8.76. The van der Waals surface area contributed by atoms with Gasteiger partial charge in [0.2, 0.25) is 0 Å². The van der Waals surface area contributed by atoms with Crippen molar-refractivity contribution in [2.24, 2.45) is 5.73 Å². The largest absolute Gasteiger partial charge is 0.467 e. The number of rotatable bonds is 8. The number of hydrogen-bond acceptors (Lipinski definition) is 8. The van der Waals surface area contributed by atoms with E-state index in [0.29, 0.717) is 5.56 Å². The van der Waals surface area contributed by atoms with E-state index in [9.17, 15) is 18.0 Å². The predicted octanol–water partition coefficient (Wildman–Crippen LogP) is 0.178. The summed E-state index contributed by atoms with van der Waals surface area (Å²) in [6.45, 7) is 1.72. The monoisotopic (exact) mass is 359 g/mol. The molecule has 1 aromatic carbocycles. The van der Waals surface area contributed by atoms with Crippen LogP contribution in [0.4, 0.5) is 0 Å². The molecular formula is C15H21NO7S. The van der Waals surface area contributed by atoms with Crippen molar-refractivity contribution in [2.45, 2.75) is 25.0 Å². The summed E-state index contributed by atoms with van der Waals surface area (Å²) in [5.41, 5.74) is 6.49. The average molecular weight is 359 g/mol. The molecule has 9 heteroatoms. The fourth-order valence-corrected chi connectivity index (χ4v) is 2.73. The quantitative estimate of drug-likeness (QED) is 0.515. The van der Waals surface area contributed by atoms with Crippen LogP contribution in [0.2, 0.25) is 0 Å². The van der Waals surface area contributed by atoms with Crippen LogP contribution in [0.1, 0.15) is 18.4 Å². The molecule has 8 nitrogen and oxygen atoms in total. The summed E-state index contributed by atoms with van der Waals surface area (Å²) in [5.74, 6) is -2.79. The molecule has 0 aliphatic rings. The molecule has 0 saturated carbocycles. The van der Waals surface area contributed by atoms with Crippen molar-refractivity contribution in [2.75, 3.05) is 20.0 Å². The van der Waals surface area contributed by atoms with Crippen molar-refractivity contribution < 1.29 is 31.7 Å². The summed E-state index contributed by atoms with van der Waals surface area (Å²) >= 11 is 0. The number of methoxy groups -OCH3 is 1. The average Bonchev–Trinajstić information content (AvgIpc) is 2.52. The maximum atomic E-state index is 12.3. The second-order valence-electron chi connectivity index (χ2n) is 4.96. The van der Waals surface area contributed by atoms with Gasteiger partial charge in [-0.15, -0.1) is 0 Å². The fourth-order valence-electron chi connectivity index (χ4n) is 2.15. The Bertz CT molecular complexity index is 660. The smallest absolute Gasteiger partial charge is 0.338 e. The highest BCUT2D eigenvalue weighted by atomic mass is 32.2. The maximum absolute atomic E-state index is 12.3. The maximum Gasteiger partial charge on any atom is 0.338 e. The zero-order valence-corrected chi connectivity index (χ0v) is 14.5. The summed E-state index contributed by atoms with van der Waals surface area (Å²) < 4.78 is 37.1. The molecule has 1 aromatic rings. The first-order chi connectivity index (χ1) is 11.2. The molecule has 3 atom stereocenters. The summed E-state index contributed by atoms with van der Waals surface area (Å²) in [5, 5.41) is 0. The molecule has 0 aromatic heterocycles. The molecule has 24 heavy (non-hydrogen) atoms. The highest BCUT2D eigenvalue weighted by Gasteiger charge is 2.40. The zero-order valence-electron chi connectivity index (χ0n) is 13.7. The van der Waals surface area contributed by atoms with Crippen LogP contribution in [-0.2, 0) is 33.4 Å². The van der Waals surface area contributed by atoms with E-state index in [0.717, 1.165) is 13.4 Å². The Morgan fingerprint density at radius 2 is 1.75 bits per heavy atom. The Kier molecular flexibility index (Phi) is 7.33. The topological polar surface area (TPSA) is 122 Å². The third-order valence-corrected chi connectivity index (χ3v) is 3.70. The van der Waals surface area contributed by atoms with Crippen molar-refractivity contribution in [3.63, 3.8) is 0 Å². The molecule has 0 radical (unpaired) electrons. The van der Waals surface area contributed by atoms with Crippen molar-refractivity contribution in [3.05, 3.63) is 35.9 Å². The van der Waals surface area contributed by atoms with Gasteiger partial charge in [0.15, 0.2) is 6.10 Å². The van der Waals surface area contributed by atoms with Gasteiger partial charge in [-0.25, -0.2) is 4.79 Å². The zero-order chi connectivity index (χ0) is 18.3. The molecule has 3 unspecified atom stereocenters. The molecular weight excluding hydrogens is 338 g/mol. The Hall–Kier alpha value is -1.97. The van der Waals surface area contributed by atoms with Crippen LogP contribution in [-0.4, -0.2) is 52.5 Å². The molecule has 0 spiro atoms. The Morgan fingerprint density at radius 1 is 1.17 bits per heavy atom. The van der Waals surface area contributed by atoms with Crippen LogP contribution in [0.3, 0.4) is 0 Å². The minimum atomic E-state index is -4.01. The molecule has 0 aliphatic heterocycles. The number of benzene rings is 1. The number of carbonyl (C=O) groups excluding carboxylic acids is 2. The lowest BCUT2D eigenvalue weighted by atomic mass is 9.88. The summed E-state index contributed by atoms with van der Waals surface area (Å²) in [4.78, 5) is 24.2. The van der Waals surface area contributed by atoms with Gasteiger partial charge < -0.3 is 15.2 Å². The number of nitrogens with two attached hydrogens (primary N) is 1. The summed E-state index contributed by atoms with van der Waals surface area (Å²) in [7, 11) is -2.95. The van der Waals surface area contributed by atoms with Crippen molar-refractivity contribution in [3.8, 4) is 0 Å². The van der Waals surface area contributed by atoms with Gasteiger partial charge in [-0.1, -0.05) is 30.3 Å². The molecule has 1 rings (SSSR count). The Morgan fingerprint density at radius 3 is 2.21 bits per heavy atom. The van der Waals surface area contributed by atoms with E-state index >= 15 is 0 Å². The molecule has 0 fully saturated rings. The highest BCUT2D eigenvalue weighted by molar-refractivity contribution is 7.86. The van der Waals surface area contributed by atoms with Gasteiger partial charge in [0, 0.05) is 0 Å². The SMILES string of the molecule is CCOC(=O)C(c1ccccc1)C(N)C(OS(C)(=O)=O)C(=O)OC. The van der Waals surface area contributed by atoms with Crippen LogP contribution in [0.5, 0.6) is 0 Å². The molecule has 0 saturated heterocycles. The van der Waals surface area contributed by atoms with Crippen molar-refractivity contribution in [1.29, 1.82) is 0 Å². The van der Waals surface area contributed by atoms with Crippen LogP contribution < -0.4 is 5.73 Å².